The van der Waals surface area contributed by atoms with Gasteiger partial charge in [0.2, 0.25) is 11.8 Å². The first-order chi connectivity index (χ1) is 10.5. The molecule has 2 aromatic rings. The first kappa shape index (κ1) is 16.3. The molecule has 4 nitrogen and oxygen atoms in total. The second-order valence-electron chi connectivity index (χ2n) is 4.71. The van der Waals surface area contributed by atoms with E-state index in [2.05, 4.69) is 0 Å². The molecular weight excluding hydrogens is 323 g/mol. The van der Waals surface area contributed by atoms with Crippen molar-refractivity contribution in [2.45, 2.75) is 6.42 Å². The van der Waals surface area contributed by atoms with Crippen LogP contribution in [0.4, 0.5) is 5.69 Å². The molecule has 2 rings (SSSR count). The van der Waals surface area contributed by atoms with Gasteiger partial charge in [-0.3, -0.25) is 9.59 Å². The van der Waals surface area contributed by atoms with Crippen LogP contribution in [0.2, 0.25) is 10.0 Å². The van der Waals surface area contributed by atoms with Crippen LogP contribution in [0.25, 0.3) is 0 Å². The number of rotatable bonds is 5. The fourth-order valence-electron chi connectivity index (χ4n) is 2.01. The minimum absolute atomic E-state index is 0.0963. The fraction of sp³-hybridized carbons (Fsp3) is 0.125. The summed E-state index contributed by atoms with van der Waals surface area (Å²) in [5, 5.41) is 0.808. The standard InChI is InChI=1S/C16H14Cl2N2O2/c17-13-7-6-11(8-14(13)18)9-16(22)20(10-15(19)21)12-4-2-1-3-5-12/h1-8H,9-10H2,(H2,19,21). The van der Waals surface area contributed by atoms with Gasteiger partial charge in [0.05, 0.1) is 16.5 Å². The molecule has 0 heterocycles. The summed E-state index contributed by atoms with van der Waals surface area (Å²) in [6, 6.07) is 13.9. The van der Waals surface area contributed by atoms with Gasteiger partial charge in [0.25, 0.3) is 0 Å². The highest BCUT2D eigenvalue weighted by atomic mass is 35.5. The van der Waals surface area contributed by atoms with Crippen molar-refractivity contribution in [3.63, 3.8) is 0 Å². The Balaban J connectivity index is 2.22. The van der Waals surface area contributed by atoms with Crippen LogP contribution in [0.5, 0.6) is 0 Å². The largest absolute Gasteiger partial charge is 0.368 e. The number of amides is 2. The van der Waals surface area contributed by atoms with E-state index in [0.29, 0.717) is 21.3 Å². The zero-order valence-electron chi connectivity index (χ0n) is 11.6. The zero-order chi connectivity index (χ0) is 16.1. The number of para-hydroxylation sites is 1. The lowest BCUT2D eigenvalue weighted by Gasteiger charge is -2.21. The highest BCUT2D eigenvalue weighted by molar-refractivity contribution is 6.42. The highest BCUT2D eigenvalue weighted by Gasteiger charge is 2.18. The number of hydrogen-bond donors (Lipinski definition) is 1. The van der Waals surface area contributed by atoms with Crippen LogP contribution in [0.3, 0.4) is 0 Å². The average molecular weight is 337 g/mol. The van der Waals surface area contributed by atoms with Crippen LogP contribution < -0.4 is 10.6 Å². The monoisotopic (exact) mass is 336 g/mol. The minimum atomic E-state index is -0.577. The second kappa shape index (κ2) is 7.29. The van der Waals surface area contributed by atoms with E-state index in [1.165, 1.54) is 4.90 Å². The van der Waals surface area contributed by atoms with Gasteiger partial charge in [-0.2, -0.15) is 0 Å². The van der Waals surface area contributed by atoms with E-state index in [-0.39, 0.29) is 18.9 Å². The molecule has 0 radical (unpaired) electrons. The van der Waals surface area contributed by atoms with Gasteiger partial charge in [0.15, 0.2) is 0 Å². The maximum Gasteiger partial charge on any atom is 0.237 e. The van der Waals surface area contributed by atoms with Crippen LogP contribution in [-0.4, -0.2) is 18.4 Å². The Hall–Kier alpha value is -2.04. The maximum absolute atomic E-state index is 12.5. The van der Waals surface area contributed by atoms with Gasteiger partial charge in [-0.25, -0.2) is 0 Å². The Labute approximate surface area is 138 Å². The number of benzene rings is 2. The number of halogens is 2. The maximum atomic E-state index is 12.5. The lowest BCUT2D eigenvalue weighted by atomic mass is 10.1. The summed E-state index contributed by atoms with van der Waals surface area (Å²) < 4.78 is 0. The first-order valence-corrected chi connectivity index (χ1v) is 7.30. The molecule has 6 heteroatoms. The molecule has 0 saturated carbocycles. The van der Waals surface area contributed by atoms with E-state index in [9.17, 15) is 9.59 Å². The molecule has 0 aliphatic rings. The number of nitrogens with two attached hydrogens (primary N) is 1. The summed E-state index contributed by atoms with van der Waals surface area (Å²) in [5.74, 6) is -0.824. The third-order valence-corrected chi connectivity index (χ3v) is 3.76. The van der Waals surface area contributed by atoms with Gasteiger partial charge >= 0.3 is 0 Å². The van der Waals surface area contributed by atoms with E-state index >= 15 is 0 Å². The predicted molar refractivity (Wildman–Crippen MR) is 88.2 cm³/mol. The summed E-state index contributed by atoms with van der Waals surface area (Å²) in [6.45, 7) is -0.176. The number of primary amides is 1. The first-order valence-electron chi connectivity index (χ1n) is 6.55. The quantitative estimate of drug-likeness (QED) is 0.911. The Morgan fingerprint density at radius 1 is 1.00 bits per heavy atom. The molecule has 0 aromatic heterocycles. The van der Waals surface area contributed by atoms with Crippen molar-refractivity contribution in [2.75, 3.05) is 11.4 Å². The van der Waals surface area contributed by atoms with Crippen LogP contribution in [0.1, 0.15) is 5.56 Å². The number of nitrogens with zero attached hydrogens (tertiary/aromatic N) is 1. The zero-order valence-corrected chi connectivity index (χ0v) is 13.1. The Morgan fingerprint density at radius 2 is 1.68 bits per heavy atom. The Morgan fingerprint density at radius 3 is 2.27 bits per heavy atom. The summed E-state index contributed by atoms with van der Waals surface area (Å²) in [6.07, 6.45) is 0.0963. The summed E-state index contributed by atoms with van der Waals surface area (Å²) >= 11 is 11.8. The van der Waals surface area contributed by atoms with E-state index < -0.39 is 5.91 Å². The molecule has 2 amide bonds. The Bertz CT molecular complexity index is 690. The minimum Gasteiger partial charge on any atom is -0.368 e. The number of hydrogen-bond acceptors (Lipinski definition) is 2. The van der Waals surface area contributed by atoms with Crippen LogP contribution in [-0.2, 0) is 16.0 Å². The summed E-state index contributed by atoms with van der Waals surface area (Å²) in [5.41, 5.74) is 6.56. The lowest BCUT2D eigenvalue weighted by molar-refractivity contribution is -0.122. The molecule has 0 spiro atoms. The molecule has 0 atom stereocenters. The molecule has 22 heavy (non-hydrogen) atoms. The van der Waals surface area contributed by atoms with Crippen LogP contribution in [0, 0.1) is 0 Å². The molecule has 0 fully saturated rings. The predicted octanol–water partition coefficient (Wildman–Crippen LogP) is 3.05. The molecule has 2 aromatic carbocycles. The molecule has 0 aliphatic heterocycles. The van der Waals surface area contributed by atoms with Gasteiger partial charge in [-0.15, -0.1) is 0 Å². The van der Waals surface area contributed by atoms with Gasteiger partial charge in [0, 0.05) is 5.69 Å². The van der Waals surface area contributed by atoms with Crippen molar-refractivity contribution in [3.05, 3.63) is 64.1 Å². The van der Waals surface area contributed by atoms with E-state index in [0.717, 1.165) is 0 Å². The second-order valence-corrected chi connectivity index (χ2v) is 5.52. The van der Waals surface area contributed by atoms with E-state index in [1.807, 2.05) is 6.07 Å². The van der Waals surface area contributed by atoms with E-state index in [4.69, 9.17) is 28.9 Å². The number of carbonyl (C=O) groups is 2. The molecule has 0 bridgehead atoms. The smallest absolute Gasteiger partial charge is 0.237 e. The van der Waals surface area contributed by atoms with Gasteiger partial charge in [0.1, 0.15) is 6.54 Å². The SMILES string of the molecule is NC(=O)CN(C(=O)Cc1ccc(Cl)c(Cl)c1)c1ccccc1. The molecule has 0 unspecified atom stereocenters. The van der Waals surface area contributed by atoms with Crippen molar-refractivity contribution in [2.24, 2.45) is 5.73 Å². The van der Waals surface area contributed by atoms with Gasteiger partial charge in [-0.1, -0.05) is 47.5 Å². The van der Waals surface area contributed by atoms with Crippen LogP contribution in [0.15, 0.2) is 48.5 Å². The molecule has 0 aliphatic carbocycles. The molecule has 0 saturated heterocycles. The average Bonchev–Trinajstić information content (AvgIpc) is 2.49. The third kappa shape index (κ3) is 4.23. The van der Waals surface area contributed by atoms with Crippen molar-refractivity contribution >= 4 is 40.7 Å². The molecule has 114 valence electrons. The molecule has 2 N–H and O–H groups in total. The lowest BCUT2D eigenvalue weighted by Crippen LogP contribution is -2.39. The van der Waals surface area contributed by atoms with Crippen molar-refractivity contribution < 1.29 is 9.59 Å². The van der Waals surface area contributed by atoms with Crippen LogP contribution >= 0.6 is 23.2 Å². The topological polar surface area (TPSA) is 63.4 Å². The van der Waals surface area contributed by atoms with Crippen molar-refractivity contribution in [1.82, 2.24) is 0 Å². The summed E-state index contributed by atoms with van der Waals surface area (Å²) in [7, 11) is 0. The van der Waals surface area contributed by atoms with Crippen molar-refractivity contribution in [3.8, 4) is 0 Å². The number of carbonyl (C=O) groups excluding carboxylic acids is 2. The third-order valence-electron chi connectivity index (χ3n) is 3.02. The van der Waals surface area contributed by atoms with E-state index in [1.54, 1.807) is 42.5 Å². The summed E-state index contributed by atoms with van der Waals surface area (Å²) in [4.78, 5) is 25.1. The Kier molecular flexibility index (Phi) is 5.41. The normalized spacial score (nSPS) is 10.3. The van der Waals surface area contributed by atoms with Gasteiger partial charge in [-0.05, 0) is 29.8 Å². The van der Waals surface area contributed by atoms with Gasteiger partial charge < -0.3 is 10.6 Å². The fourth-order valence-corrected chi connectivity index (χ4v) is 2.33. The highest BCUT2D eigenvalue weighted by Crippen LogP contribution is 2.23. The number of anilines is 1. The molecular formula is C16H14Cl2N2O2. The van der Waals surface area contributed by atoms with Crippen molar-refractivity contribution in [1.29, 1.82) is 0 Å².